The van der Waals surface area contributed by atoms with Gasteiger partial charge >= 0.3 is 0 Å². The first-order chi connectivity index (χ1) is 12.0. The molecule has 1 aromatic rings. The first kappa shape index (κ1) is 21.5. The van der Waals surface area contributed by atoms with Crippen molar-refractivity contribution in [2.75, 3.05) is 6.61 Å². The molecule has 1 aromatic carbocycles. The van der Waals surface area contributed by atoms with Gasteiger partial charge in [0.1, 0.15) is 24.4 Å². The number of aliphatic hydroxyl groups is 3. The lowest BCUT2D eigenvalue weighted by Crippen LogP contribution is -2.60. The van der Waals surface area contributed by atoms with Crippen LogP contribution in [0, 0.1) is 0 Å². The van der Waals surface area contributed by atoms with Crippen molar-refractivity contribution in [2.24, 2.45) is 0 Å². The summed E-state index contributed by atoms with van der Waals surface area (Å²) in [4.78, 5) is 0. The predicted octanol–water partition coefficient (Wildman–Crippen LogP) is 2.03. The van der Waals surface area contributed by atoms with Crippen LogP contribution in [0.4, 0.5) is 0 Å². The molecule has 5 atom stereocenters. The fraction of sp³-hybridized carbons (Fsp3) is 0.684. The molecule has 0 radical (unpaired) electrons. The minimum absolute atomic E-state index is 0.0218. The van der Waals surface area contributed by atoms with Crippen LogP contribution in [0.25, 0.3) is 0 Å². The van der Waals surface area contributed by atoms with Crippen LogP contribution >= 0.6 is 0 Å². The molecule has 0 bridgehead atoms. The number of ether oxygens (including phenoxy) is 2. The van der Waals surface area contributed by atoms with Crippen LogP contribution in [0.5, 0.6) is 0 Å². The van der Waals surface area contributed by atoms with Gasteiger partial charge in [-0.3, -0.25) is 0 Å². The maximum Gasteiger partial charge on any atom is 0.192 e. The average molecular weight is 385 g/mol. The standard InChI is InChI=1S/C19H32O6Si/c1-19(2,3)26(4,5)24-12-14-15(20)16(21)17(22)18(25-14)23-11-13-9-7-6-8-10-13/h6-10,14-18,20-22H,11-12H2,1-5H3/t14-,15-,16+,17-,18?/m1/s1. The van der Waals surface area contributed by atoms with Crippen LogP contribution < -0.4 is 0 Å². The van der Waals surface area contributed by atoms with E-state index in [1.54, 1.807) is 0 Å². The highest BCUT2D eigenvalue weighted by molar-refractivity contribution is 6.74. The summed E-state index contributed by atoms with van der Waals surface area (Å²) in [5.41, 5.74) is 0.929. The molecule has 1 fully saturated rings. The summed E-state index contributed by atoms with van der Waals surface area (Å²) in [5, 5.41) is 30.6. The third-order valence-corrected chi connectivity index (χ3v) is 9.84. The van der Waals surface area contributed by atoms with Gasteiger partial charge in [-0.25, -0.2) is 0 Å². The minimum Gasteiger partial charge on any atom is -0.414 e. The van der Waals surface area contributed by atoms with Gasteiger partial charge in [0.15, 0.2) is 14.6 Å². The van der Waals surface area contributed by atoms with Crippen molar-refractivity contribution in [3.8, 4) is 0 Å². The van der Waals surface area contributed by atoms with E-state index >= 15 is 0 Å². The Bertz CT molecular complexity index is 559. The van der Waals surface area contributed by atoms with Crippen LogP contribution in [0.3, 0.4) is 0 Å². The highest BCUT2D eigenvalue weighted by Crippen LogP contribution is 2.37. The Hall–Kier alpha value is -0.803. The SMILES string of the molecule is CC(C)(C)[Si](C)(C)OC[C@H]1OC(OCc2ccccc2)[C@H](O)[C@@H](O)[C@@H]1O. The molecule has 7 heteroatoms. The Morgan fingerprint density at radius 2 is 1.62 bits per heavy atom. The summed E-state index contributed by atoms with van der Waals surface area (Å²) in [6, 6.07) is 9.50. The lowest BCUT2D eigenvalue weighted by Gasteiger charge is -2.42. The van der Waals surface area contributed by atoms with Gasteiger partial charge in [0, 0.05) is 0 Å². The van der Waals surface area contributed by atoms with Crippen LogP contribution in [-0.4, -0.2) is 60.9 Å². The molecule has 1 saturated heterocycles. The van der Waals surface area contributed by atoms with E-state index in [1.165, 1.54) is 0 Å². The highest BCUT2D eigenvalue weighted by atomic mass is 28.4. The predicted molar refractivity (Wildman–Crippen MR) is 101 cm³/mol. The molecule has 0 saturated carbocycles. The second-order valence-electron chi connectivity index (χ2n) is 8.38. The number of hydrogen-bond donors (Lipinski definition) is 3. The van der Waals surface area contributed by atoms with E-state index in [0.29, 0.717) is 0 Å². The Labute approximate surface area is 156 Å². The topological polar surface area (TPSA) is 88.4 Å². The van der Waals surface area contributed by atoms with E-state index in [0.717, 1.165) is 5.56 Å². The van der Waals surface area contributed by atoms with Crippen LogP contribution in [0.1, 0.15) is 26.3 Å². The fourth-order valence-electron chi connectivity index (χ4n) is 2.45. The van der Waals surface area contributed by atoms with Crippen LogP contribution in [0.15, 0.2) is 30.3 Å². The van der Waals surface area contributed by atoms with Crippen molar-refractivity contribution < 1.29 is 29.2 Å². The molecule has 6 nitrogen and oxygen atoms in total. The zero-order valence-electron chi connectivity index (χ0n) is 16.3. The van der Waals surface area contributed by atoms with E-state index < -0.39 is 39.0 Å². The Morgan fingerprint density at radius 3 is 2.19 bits per heavy atom. The minimum atomic E-state index is -2.03. The van der Waals surface area contributed by atoms with Crippen molar-refractivity contribution in [3.05, 3.63) is 35.9 Å². The van der Waals surface area contributed by atoms with Crippen molar-refractivity contribution in [1.82, 2.24) is 0 Å². The Morgan fingerprint density at radius 1 is 1.00 bits per heavy atom. The first-order valence-corrected chi connectivity index (χ1v) is 11.9. The number of benzene rings is 1. The summed E-state index contributed by atoms with van der Waals surface area (Å²) in [6.45, 7) is 11.0. The zero-order chi connectivity index (χ0) is 19.5. The molecule has 2 rings (SSSR count). The van der Waals surface area contributed by atoms with Crippen LogP contribution in [-0.2, 0) is 20.5 Å². The van der Waals surface area contributed by atoms with E-state index in [9.17, 15) is 15.3 Å². The normalized spacial score (nSPS) is 30.4. The summed E-state index contributed by atoms with van der Waals surface area (Å²) in [7, 11) is -2.03. The van der Waals surface area contributed by atoms with Crippen LogP contribution in [0.2, 0.25) is 18.1 Å². The molecule has 1 aliphatic heterocycles. The summed E-state index contributed by atoms with van der Waals surface area (Å²) >= 11 is 0. The molecular formula is C19H32O6Si. The molecule has 0 amide bonds. The first-order valence-electron chi connectivity index (χ1n) is 9.02. The summed E-state index contributed by atoms with van der Waals surface area (Å²) in [5.74, 6) is 0. The quantitative estimate of drug-likeness (QED) is 0.651. The molecule has 0 aliphatic carbocycles. The monoisotopic (exact) mass is 384 g/mol. The molecule has 1 unspecified atom stereocenters. The van der Waals surface area contributed by atoms with Gasteiger partial charge in [-0.15, -0.1) is 0 Å². The van der Waals surface area contributed by atoms with Crippen molar-refractivity contribution in [2.45, 2.75) is 76.2 Å². The van der Waals surface area contributed by atoms with Gasteiger partial charge in [0.2, 0.25) is 0 Å². The van der Waals surface area contributed by atoms with Crippen molar-refractivity contribution in [1.29, 1.82) is 0 Å². The van der Waals surface area contributed by atoms with Gasteiger partial charge in [0.05, 0.1) is 13.2 Å². The zero-order valence-corrected chi connectivity index (χ0v) is 17.3. The van der Waals surface area contributed by atoms with Gasteiger partial charge in [0.25, 0.3) is 0 Å². The van der Waals surface area contributed by atoms with Gasteiger partial charge < -0.3 is 29.2 Å². The van der Waals surface area contributed by atoms with Gasteiger partial charge in [-0.1, -0.05) is 51.1 Å². The summed E-state index contributed by atoms with van der Waals surface area (Å²) in [6.07, 6.45) is -5.69. The maximum absolute atomic E-state index is 10.3. The van der Waals surface area contributed by atoms with Crippen molar-refractivity contribution >= 4 is 8.32 Å². The van der Waals surface area contributed by atoms with Gasteiger partial charge in [-0.2, -0.15) is 0 Å². The lowest BCUT2D eigenvalue weighted by molar-refractivity contribution is -0.303. The number of aliphatic hydroxyl groups excluding tert-OH is 3. The Kier molecular flexibility index (Phi) is 7.01. The second-order valence-corrected chi connectivity index (χ2v) is 13.2. The van der Waals surface area contributed by atoms with E-state index in [2.05, 4.69) is 33.9 Å². The molecule has 1 heterocycles. The molecule has 0 spiro atoms. The smallest absolute Gasteiger partial charge is 0.192 e. The Balaban J connectivity index is 1.98. The molecule has 148 valence electrons. The third-order valence-electron chi connectivity index (χ3n) is 5.34. The van der Waals surface area contributed by atoms with Crippen molar-refractivity contribution in [3.63, 3.8) is 0 Å². The maximum atomic E-state index is 10.3. The van der Waals surface area contributed by atoms with E-state index in [-0.39, 0.29) is 18.3 Å². The fourth-order valence-corrected chi connectivity index (χ4v) is 3.47. The molecular weight excluding hydrogens is 352 g/mol. The molecule has 1 aliphatic rings. The molecule has 3 N–H and O–H groups in total. The van der Waals surface area contributed by atoms with Gasteiger partial charge in [-0.05, 0) is 23.7 Å². The number of rotatable bonds is 6. The van der Waals surface area contributed by atoms with E-state index in [4.69, 9.17) is 13.9 Å². The summed E-state index contributed by atoms with van der Waals surface area (Å²) < 4.78 is 17.5. The lowest BCUT2D eigenvalue weighted by atomic mass is 9.99. The molecule has 26 heavy (non-hydrogen) atoms. The average Bonchev–Trinajstić information content (AvgIpc) is 2.58. The third kappa shape index (κ3) is 5.13. The second kappa shape index (κ2) is 8.47. The molecule has 0 aromatic heterocycles. The number of hydrogen-bond acceptors (Lipinski definition) is 6. The van der Waals surface area contributed by atoms with E-state index in [1.807, 2.05) is 30.3 Å². The largest absolute Gasteiger partial charge is 0.414 e. The highest BCUT2D eigenvalue weighted by Gasteiger charge is 2.46.